The molecule has 214 valence electrons. The summed E-state index contributed by atoms with van der Waals surface area (Å²) in [6.07, 6.45) is -4.59. The molecule has 3 aromatic carbocycles. The van der Waals surface area contributed by atoms with Crippen LogP contribution in [0, 0.1) is 5.92 Å². The fourth-order valence-electron chi connectivity index (χ4n) is 5.26. The lowest BCUT2D eigenvalue weighted by molar-refractivity contribution is -0.137. The van der Waals surface area contributed by atoms with Crippen molar-refractivity contribution in [1.29, 1.82) is 0 Å². The molecule has 1 N–H and O–H groups in total. The van der Waals surface area contributed by atoms with Crippen molar-refractivity contribution >= 4 is 68.1 Å². The largest absolute Gasteiger partial charge is 0.416 e. The van der Waals surface area contributed by atoms with Crippen molar-refractivity contribution in [2.24, 2.45) is 5.92 Å². The van der Waals surface area contributed by atoms with Gasteiger partial charge < -0.3 is 5.32 Å². The Morgan fingerprint density at radius 3 is 2.38 bits per heavy atom. The average Bonchev–Trinajstić information content (AvgIpc) is 3.39. The van der Waals surface area contributed by atoms with Crippen molar-refractivity contribution in [2.75, 3.05) is 10.2 Å². The Labute approximate surface area is 253 Å². The van der Waals surface area contributed by atoms with E-state index in [0.717, 1.165) is 45.3 Å². The van der Waals surface area contributed by atoms with Crippen LogP contribution in [-0.2, 0) is 27.1 Å². The third kappa shape index (κ3) is 5.09. The van der Waals surface area contributed by atoms with Gasteiger partial charge in [0.2, 0.25) is 17.7 Å². The number of hydrogen-bond acceptors (Lipinski definition) is 6. The molecule has 13 heteroatoms. The molecule has 7 nitrogen and oxygen atoms in total. The Balaban J connectivity index is 1.38. The molecule has 3 heterocycles. The second-order valence-corrected chi connectivity index (χ2v) is 12.7. The summed E-state index contributed by atoms with van der Waals surface area (Å²) >= 11 is 5.42. The number of amides is 3. The Bertz CT molecular complexity index is 1790. The van der Waals surface area contributed by atoms with Gasteiger partial charge in [0.15, 0.2) is 0 Å². The minimum atomic E-state index is -4.59. The molecule has 0 aliphatic carbocycles. The van der Waals surface area contributed by atoms with E-state index in [2.05, 4.69) is 21.2 Å². The number of benzene rings is 3. The van der Waals surface area contributed by atoms with Crippen LogP contribution in [-0.4, -0.2) is 27.5 Å². The number of halogens is 4. The molecule has 0 radical (unpaired) electrons. The lowest BCUT2D eigenvalue weighted by atomic mass is 9.83. The molecule has 1 aromatic heterocycles. The van der Waals surface area contributed by atoms with Crippen LogP contribution in [0.25, 0.3) is 0 Å². The highest BCUT2D eigenvalue weighted by molar-refractivity contribution is 9.10. The first kappa shape index (κ1) is 28.4. The van der Waals surface area contributed by atoms with Gasteiger partial charge >= 0.3 is 11.0 Å². The minimum absolute atomic E-state index is 0.0678. The lowest BCUT2D eigenvalue weighted by Crippen LogP contribution is -2.33. The molecule has 2 aliphatic heterocycles. The first-order chi connectivity index (χ1) is 20.0. The average molecular weight is 675 g/mol. The summed E-state index contributed by atoms with van der Waals surface area (Å²) in [6.45, 7) is -0.485. The molecule has 3 unspecified atom stereocenters. The zero-order valence-corrected chi connectivity index (χ0v) is 24.5. The number of anilines is 2. The summed E-state index contributed by atoms with van der Waals surface area (Å²) in [6, 6.07) is 20.1. The van der Waals surface area contributed by atoms with Gasteiger partial charge in [-0.2, -0.15) is 13.2 Å². The summed E-state index contributed by atoms with van der Waals surface area (Å²) in [5, 5.41) is 1.95. The van der Waals surface area contributed by atoms with Crippen LogP contribution in [0.1, 0.15) is 21.9 Å². The van der Waals surface area contributed by atoms with Crippen molar-refractivity contribution in [1.82, 2.24) is 4.57 Å². The Morgan fingerprint density at radius 1 is 0.929 bits per heavy atom. The molecule has 6 rings (SSSR count). The van der Waals surface area contributed by atoms with Crippen LogP contribution in [0.4, 0.5) is 24.5 Å². The molecule has 4 aromatic rings. The molecule has 0 bridgehead atoms. The molecule has 2 aliphatic rings. The van der Waals surface area contributed by atoms with E-state index in [1.807, 2.05) is 18.2 Å². The number of imide groups is 1. The van der Waals surface area contributed by atoms with Gasteiger partial charge in [0.1, 0.15) is 11.8 Å². The zero-order valence-electron chi connectivity index (χ0n) is 21.3. The van der Waals surface area contributed by atoms with Gasteiger partial charge in [0.25, 0.3) is 0 Å². The molecule has 0 spiro atoms. The lowest BCUT2D eigenvalue weighted by Gasteiger charge is -2.30. The maximum Gasteiger partial charge on any atom is 0.416 e. The third-order valence-corrected chi connectivity index (χ3v) is 10.1. The Hall–Kier alpha value is -3.68. The van der Waals surface area contributed by atoms with E-state index in [1.165, 1.54) is 21.6 Å². The molecular weight excluding hydrogens is 655 g/mol. The highest BCUT2D eigenvalue weighted by Crippen LogP contribution is 2.54. The molecule has 3 atom stereocenters. The van der Waals surface area contributed by atoms with Crippen LogP contribution in [0.15, 0.2) is 93.2 Å². The maximum atomic E-state index is 13.9. The number of thioether (sulfide) groups is 1. The number of fused-ring (bicyclic) bond motifs is 2. The van der Waals surface area contributed by atoms with E-state index in [-0.39, 0.29) is 11.6 Å². The zero-order chi connectivity index (χ0) is 29.8. The number of carbonyl (C=O) groups excluding carboxylic acids is 3. The van der Waals surface area contributed by atoms with Crippen molar-refractivity contribution < 1.29 is 27.6 Å². The SMILES string of the molecule is O=C(Cn1c2c(sc1=O)C(c1cccc(Br)c1)C1C(=O)N(c3ccccc3)C(=O)C1S2)Nc1cccc(C(F)(F)F)c1. The third-order valence-electron chi connectivity index (χ3n) is 7.05. The van der Waals surface area contributed by atoms with E-state index in [4.69, 9.17) is 0 Å². The summed E-state index contributed by atoms with van der Waals surface area (Å²) < 4.78 is 41.4. The Kier molecular flexibility index (Phi) is 7.36. The summed E-state index contributed by atoms with van der Waals surface area (Å²) in [5.41, 5.74) is 0.175. The van der Waals surface area contributed by atoms with Crippen LogP contribution < -0.4 is 15.1 Å². The van der Waals surface area contributed by atoms with E-state index in [0.29, 0.717) is 15.6 Å². The maximum absolute atomic E-state index is 13.9. The predicted molar refractivity (Wildman–Crippen MR) is 157 cm³/mol. The van der Waals surface area contributed by atoms with Gasteiger partial charge in [0, 0.05) is 21.0 Å². The van der Waals surface area contributed by atoms with Gasteiger partial charge in [-0.3, -0.25) is 23.7 Å². The van der Waals surface area contributed by atoms with Crippen molar-refractivity contribution in [3.05, 3.63) is 109 Å². The van der Waals surface area contributed by atoms with Crippen LogP contribution in [0.5, 0.6) is 0 Å². The van der Waals surface area contributed by atoms with Crippen LogP contribution in [0.2, 0.25) is 0 Å². The van der Waals surface area contributed by atoms with Crippen LogP contribution >= 0.6 is 39.0 Å². The number of hydrogen-bond donors (Lipinski definition) is 1. The van der Waals surface area contributed by atoms with Gasteiger partial charge in [0.05, 0.1) is 22.2 Å². The molecule has 3 amide bonds. The summed E-state index contributed by atoms with van der Waals surface area (Å²) in [5.74, 6) is -2.95. The van der Waals surface area contributed by atoms with Gasteiger partial charge in [-0.25, -0.2) is 4.90 Å². The van der Waals surface area contributed by atoms with E-state index in [9.17, 15) is 32.3 Å². The number of nitrogens with one attached hydrogen (secondary N) is 1. The number of carbonyl (C=O) groups is 3. The predicted octanol–water partition coefficient (Wildman–Crippen LogP) is 6.13. The molecule has 1 saturated heterocycles. The molecule has 1 fully saturated rings. The number of thiazole rings is 1. The smallest absolute Gasteiger partial charge is 0.325 e. The first-order valence-electron chi connectivity index (χ1n) is 12.6. The molecule has 0 saturated carbocycles. The fraction of sp³-hybridized carbons (Fsp3) is 0.172. The van der Waals surface area contributed by atoms with Crippen LogP contribution in [0.3, 0.4) is 0 Å². The second kappa shape index (κ2) is 10.9. The van der Waals surface area contributed by atoms with E-state index < -0.39 is 52.1 Å². The molecular formula is C29H19BrF3N3O4S2. The standard InChI is InChI=1S/C29H19BrF3N3O4S2/c30-17-8-4-6-15(12-17)21-22-23(26(39)36(25(22)38)19-10-2-1-3-11-19)41-27-24(21)42-28(40)35(27)14-20(37)34-18-9-5-7-16(13-18)29(31,32)33/h1-13,21-23H,14H2,(H,34,37). The second-order valence-electron chi connectivity index (χ2n) is 9.69. The van der Waals surface area contributed by atoms with E-state index >= 15 is 0 Å². The summed E-state index contributed by atoms with van der Waals surface area (Å²) in [4.78, 5) is 55.0. The van der Waals surface area contributed by atoms with Gasteiger partial charge in [-0.1, -0.05) is 75.4 Å². The number of alkyl halides is 3. The monoisotopic (exact) mass is 673 g/mol. The quantitative estimate of drug-likeness (QED) is 0.258. The van der Waals surface area contributed by atoms with Crippen molar-refractivity contribution in [3.8, 4) is 0 Å². The highest BCUT2D eigenvalue weighted by Gasteiger charge is 2.56. The van der Waals surface area contributed by atoms with Crippen molar-refractivity contribution in [2.45, 2.75) is 28.9 Å². The number of rotatable bonds is 5. The van der Waals surface area contributed by atoms with Gasteiger partial charge in [-0.15, -0.1) is 0 Å². The summed E-state index contributed by atoms with van der Waals surface area (Å²) in [7, 11) is 0. The number of para-hydroxylation sites is 1. The number of nitrogens with zero attached hydrogens (tertiary/aromatic N) is 2. The topological polar surface area (TPSA) is 88.5 Å². The normalized spacial score (nSPS) is 19.9. The fourth-order valence-corrected chi connectivity index (χ4v) is 8.45. The Morgan fingerprint density at radius 2 is 1.67 bits per heavy atom. The van der Waals surface area contributed by atoms with Crippen molar-refractivity contribution in [3.63, 3.8) is 0 Å². The molecule has 42 heavy (non-hydrogen) atoms. The van der Waals surface area contributed by atoms with Gasteiger partial charge in [-0.05, 0) is 48.0 Å². The first-order valence-corrected chi connectivity index (χ1v) is 15.1. The highest BCUT2D eigenvalue weighted by atomic mass is 79.9. The minimum Gasteiger partial charge on any atom is -0.325 e. The number of aromatic nitrogens is 1. The van der Waals surface area contributed by atoms with E-state index in [1.54, 1.807) is 36.4 Å².